The van der Waals surface area contributed by atoms with Gasteiger partial charge in [0.05, 0.1) is 11.7 Å². The molecule has 2 aliphatic carbocycles. The summed E-state index contributed by atoms with van der Waals surface area (Å²) in [6.45, 7) is 0. The first-order valence-corrected chi connectivity index (χ1v) is 10.3. The van der Waals surface area contributed by atoms with Crippen LogP contribution in [0.4, 0.5) is 0 Å². The summed E-state index contributed by atoms with van der Waals surface area (Å²) < 4.78 is 1.79. The smallest absolute Gasteiger partial charge is 0.257 e. The highest BCUT2D eigenvalue weighted by Gasteiger charge is 2.31. The highest BCUT2D eigenvalue weighted by atomic mass is 32.2. The Morgan fingerprint density at radius 1 is 1.17 bits per heavy atom. The van der Waals surface area contributed by atoms with Gasteiger partial charge in [0, 0.05) is 23.8 Å². The van der Waals surface area contributed by atoms with E-state index in [1.54, 1.807) is 16.3 Å². The van der Waals surface area contributed by atoms with Crippen LogP contribution in [0.1, 0.15) is 68.7 Å². The van der Waals surface area contributed by atoms with E-state index in [9.17, 15) is 9.59 Å². The maximum absolute atomic E-state index is 12.8. The topological polar surface area (TPSA) is 64.0 Å². The van der Waals surface area contributed by atoms with Crippen LogP contribution in [0.3, 0.4) is 0 Å². The molecule has 1 aromatic heterocycles. The fourth-order valence-electron chi connectivity index (χ4n) is 4.23. The Morgan fingerprint density at radius 3 is 2.75 bits per heavy atom. The van der Waals surface area contributed by atoms with Gasteiger partial charge in [-0.15, -0.1) is 0 Å². The molecule has 1 amide bonds. The minimum atomic E-state index is -0.0401. The molecule has 130 valence electrons. The third-order valence-electron chi connectivity index (χ3n) is 5.51. The van der Waals surface area contributed by atoms with Crippen LogP contribution in [0.25, 0.3) is 0 Å². The maximum atomic E-state index is 12.8. The van der Waals surface area contributed by atoms with E-state index in [0.29, 0.717) is 12.5 Å². The number of thioether (sulfide) groups is 1. The zero-order valence-corrected chi connectivity index (χ0v) is 14.9. The Balaban J connectivity index is 1.46. The van der Waals surface area contributed by atoms with Crippen LogP contribution in [0, 0.1) is 0 Å². The number of fused-ring (bicyclic) bond motifs is 2. The molecule has 1 fully saturated rings. The number of aromatic nitrogens is 2. The summed E-state index contributed by atoms with van der Waals surface area (Å²) in [6, 6.07) is 0.282. The number of rotatable bonds is 3. The Kier molecular flexibility index (Phi) is 4.66. The van der Waals surface area contributed by atoms with Gasteiger partial charge >= 0.3 is 0 Å². The molecule has 2 heterocycles. The van der Waals surface area contributed by atoms with Crippen LogP contribution >= 0.6 is 11.8 Å². The first-order valence-electron chi connectivity index (χ1n) is 9.29. The molecule has 3 aliphatic rings. The van der Waals surface area contributed by atoms with Crippen molar-refractivity contribution in [2.45, 2.75) is 81.4 Å². The summed E-state index contributed by atoms with van der Waals surface area (Å²) in [7, 11) is 0. The lowest BCUT2D eigenvalue weighted by Gasteiger charge is -2.19. The van der Waals surface area contributed by atoms with Crippen LogP contribution in [-0.2, 0) is 17.6 Å². The average Bonchev–Trinajstić information content (AvgIpc) is 3.10. The second-order valence-corrected chi connectivity index (χ2v) is 8.26. The van der Waals surface area contributed by atoms with E-state index in [0.717, 1.165) is 54.3 Å². The molecule has 0 radical (unpaired) electrons. The van der Waals surface area contributed by atoms with Gasteiger partial charge in [-0.3, -0.25) is 14.2 Å². The second kappa shape index (κ2) is 6.90. The van der Waals surface area contributed by atoms with Gasteiger partial charge in [0.25, 0.3) is 5.56 Å². The number of nitrogens with zero attached hydrogens (tertiary/aromatic N) is 2. The van der Waals surface area contributed by atoms with E-state index in [1.165, 1.54) is 25.7 Å². The molecule has 1 saturated carbocycles. The van der Waals surface area contributed by atoms with Crippen molar-refractivity contribution in [2.75, 3.05) is 5.75 Å². The molecule has 4 rings (SSSR count). The van der Waals surface area contributed by atoms with Crippen molar-refractivity contribution < 1.29 is 4.79 Å². The number of carbonyl (C=O) groups is 1. The molecule has 0 saturated heterocycles. The molecule has 1 unspecified atom stereocenters. The molecule has 6 heteroatoms. The van der Waals surface area contributed by atoms with Gasteiger partial charge in [0.15, 0.2) is 5.16 Å². The fourth-order valence-corrected chi connectivity index (χ4v) is 5.38. The fraction of sp³-hybridized carbons (Fsp3) is 0.722. The molecule has 1 aliphatic heterocycles. The largest absolute Gasteiger partial charge is 0.353 e. The van der Waals surface area contributed by atoms with E-state index in [4.69, 9.17) is 0 Å². The van der Waals surface area contributed by atoms with Crippen molar-refractivity contribution in [3.63, 3.8) is 0 Å². The van der Waals surface area contributed by atoms with Crippen molar-refractivity contribution in [3.8, 4) is 0 Å². The van der Waals surface area contributed by atoms with Crippen molar-refractivity contribution in [3.05, 3.63) is 21.6 Å². The molecule has 0 aromatic carbocycles. The Hall–Kier alpha value is -1.30. The van der Waals surface area contributed by atoms with Crippen LogP contribution in [0.2, 0.25) is 0 Å². The van der Waals surface area contributed by atoms with Crippen LogP contribution < -0.4 is 10.9 Å². The average molecular weight is 347 g/mol. The van der Waals surface area contributed by atoms with Gasteiger partial charge in [0.2, 0.25) is 5.91 Å². The molecule has 1 aromatic rings. The highest BCUT2D eigenvalue weighted by Crippen LogP contribution is 2.34. The normalized spacial score (nSPS) is 23.6. The summed E-state index contributed by atoms with van der Waals surface area (Å²) in [5.41, 5.74) is 1.97. The van der Waals surface area contributed by atoms with Crippen LogP contribution in [0.15, 0.2) is 9.95 Å². The van der Waals surface area contributed by atoms with E-state index in [2.05, 4.69) is 10.3 Å². The Bertz CT molecular complexity index is 692. The minimum absolute atomic E-state index is 0.0401. The van der Waals surface area contributed by atoms with Crippen LogP contribution in [-0.4, -0.2) is 27.3 Å². The summed E-state index contributed by atoms with van der Waals surface area (Å²) in [6.07, 6.45) is 10.4. The molecular weight excluding hydrogens is 322 g/mol. The van der Waals surface area contributed by atoms with Gasteiger partial charge in [-0.05, 0) is 32.1 Å². The van der Waals surface area contributed by atoms with Crippen molar-refractivity contribution in [1.29, 1.82) is 0 Å². The van der Waals surface area contributed by atoms with Crippen molar-refractivity contribution in [1.82, 2.24) is 14.9 Å². The lowest BCUT2D eigenvalue weighted by Crippen LogP contribution is -2.37. The van der Waals surface area contributed by atoms with Gasteiger partial charge in [-0.25, -0.2) is 4.98 Å². The minimum Gasteiger partial charge on any atom is -0.353 e. The van der Waals surface area contributed by atoms with Gasteiger partial charge < -0.3 is 5.32 Å². The quantitative estimate of drug-likeness (QED) is 0.674. The Labute approximate surface area is 146 Å². The predicted molar refractivity (Wildman–Crippen MR) is 94.5 cm³/mol. The third kappa shape index (κ3) is 3.13. The number of carbonyl (C=O) groups excluding carboxylic acids is 1. The van der Waals surface area contributed by atoms with E-state index >= 15 is 0 Å². The lowest BCUT2D eigenvalue weighted by molar-refractivity contribution is -0.122. The number of aryl methyl sites for hydroxylation is 1. The zero-order chi connectivity index (χ0) is 16.5. The highest BCUT2D eigenvalue weighted by molar-refractivity contribution is 7.99. The standard InChI is InChI=1S/C18H25N3O2S/c22-16(19-12-6-3-1-2-4-7-12)10-13-11-24-18-20-15-9-5-8-14(15)17(23)21(13)18/h12-13H,1-11H2,(H,19,22). The van der Waals surface area contributed by atoms with Crippen molar-refractivity contribution >= 4 is 17.7 Å². The molecule has 0 bridgehead atoms. The summed E-state index contributed by atoms with van der Waals surface area (Å²) in [4.78, 5) is 29.9. The van der Waals surface area contributed by atoms with E-state index in [-0.39, 0.29) is 17.5 Å². The first kappa shape index (κ1) is 16.2. The molecule has 1 N–H and O–H groups in total. The summed E-state index contributed by atoms with van der Waals surface area (Å²) in [5.74, 6) is 0.871. The predicted octanol–water partition coefficient (Wildman–Crippen LogP) is 2.61. The molecule has 1 atom stereocenters. The van der Waals surface area contributed by atoms with Gasteiger partial charge in [-0.1, -0.05) is 37.4 Å². The molecular formula is C18H25N3O2S. The summed E-state index contributed by atoms with van der Waals surface area (Å²) in [5, 5.41) is 4.02. The molecule has 24 heavy (non-hydrogen) atoms. The second-order valence-electron chi connectivity index (χ2n) is 7.27. The number of amides is 1. The first-order chi connectivity index (χ1) is 11.7. The molecule has 5 nitrogen and oxygen atoms in total. The monoisotopic (exact) mass is 347 g/mol. The van der Waals surface area contributed by atoms with Gasteiger partial charge in [0.1, 0.15) is 0 Å². The number of nitrogens with one attached hydrogen (secondary N) is 1. The van der Waals surface area contributed by atoms with E-state index in [1.807, 2.05) is 0 Å². The number of hydrogen-bond donors (Lipinski definition) is 1. The number of hydrogen-bond acceptors (Lipinski definition) is 4. The SMILES string of the molecule is O=C(CC1CSc2nc3c(c(=O)n21)CCC3)NC1CCCCCC1. The summed E-state index contributed by atoms with van der Waals surface area (Å²) >= 11 is 1.62. The van der Waals surface area contributed by atoms with E-state index < -0.39 is 0 Å². The van der Waals surface area contributed by atoms with Crippen molar-refractivity contribution in [2.24, 2.45) is 0 Å². The third-order valence-corrected chi connectivity index (χ3v) is 6.61. The van der Waals surface area contributed by atoms with Gasteiger partial charge in [-0.2, -0.15) is 0 Å². The van der Waals surface area contributed by atoms with Crippen LogP contribution in [0.5, 0.6) is 0 Å². The lowest BCUT2D eigenvalue weighted by atomic mass is 10.1. The Morgan fingerprint density at radius 2 is 1.96 bits per heavy atom. The molecule has 0 spiro atoms. The zero-order valence-electron chi connectivity index (χ0n) is 14.1. The maximum Gasteiger partial charge on any atom is 0.257 e.